The molecule has 0 bridgehead atoms. The standard InChI is InChI=1S/C12H17NO3/c1-14-12-3-2-9(5-13)4-10(12)6-16-11-7-15-8-11/h2-4,11H,5-8,13H2,1H3. The molecule has 16 heavy (non-hydrogen) atoms. The zero-order chi connectivity index (χ0) is 11.4. The molecule has 1 aliphatic rings. The number of hydrogen-bond donors (Lipinski definition) is 1. The van der Waals surface area contributed by atoms with Crippen molar-refractivity contribution < 1.29 is 14.2 Å². The van der Waals surface area contributed by atoms with Gasteiger partial charge in [-0.25, -0.2) is 0 Å². The summed E-state index contributed by atoms with van der Waals surface area (Å²) in [6.07, 6.45) is 0.228. The Labute approximate surface area is 95.3 Å². The summed E-state index contributed by atoms with van der Waals surface area (Å²) in [5.41, 5.74) is 7.73. The lowest BCUT2D eigenvalue weighted by atomic mass is 10.1. The van der Waals surface area contributed by atoms with Gasteiger partial charge in [-0.3, -0.25) is 0 Å². The minimum Gasteiger partial charge on any atom is -0.496 e. The van der Waals surface area contributed by atoms with Gasteiger partial charge in [0, 0.05) is 12.1 Å². The molecular weight excluding hydrogens is 206 g/mol. The van der Waals surface area contributed by atoms with Crippen molar-refractivity contribution in [2.75, 3.05) is 20.3 Å². The van der Waals surface area contributed by atoms with Crippen LogP contribution in [-0.2, 0) is 22.6 Å². The van der Waals surface area contributed by atoms with E-state index in [1.54, 1.807) is 7.11 Å². The third-order valence-electron chi connectivity index (χ3n) is 2.66. The van der Waals surface area contributed by atoms with Gasteiger partial charge in [0.05, 0.1) is 26.9 Å². The van der Waals surface area contributed by atoms with Crippen LogP contribution in [0.1, 0.15) is 11.1 Å². The van der Waals surface area contributed by atoms with Crippen LogP contribution >= 0.6 is 0 Å². The average molecular weight is 223 g/mol. The number of ether oxygens (including phenoxy) is 3. The third-order valence-corrected chi connectivity index (χ3v) is 2.66. The zero-order valence-electron chi connectivity index (χ0n) is 9.44. The summed E-state index contributed by atoms with van der Waals surface area (Å²) >= 11 is 0. The van der Waals surface area contributed by atoms with Crippen molar-refractivity contribution >= 4 is 0 Å². The van der Waals surface area contributed by atoms with E-state index >= 15 is 0 Å². The van der Waals surface area contributed by atoms with Crippen LogP contribution in [0.15, 0.2) is 18.2 Å². The van der Waals surface area contributed by atoms with E-state index in [2.05, 4.69) is 0 Å². The molecule has 1 aliphatic heterocycles. The predicted octanol–water partition coefficient (Wildman–Crippen LogP) is 1.07. The highest BCUT2D eigenvalue weighted by Crippen LogP contribution is 2.22. The second-order valence-electron chi connectivity index (χ2n) is 3.82. The third kappa shape index (κ3) is 2.52. The topological polar surface area (TPSA) is 53.7 Å². The van der Waals surface area contributed by atoms with Crippen LogP contribution < -0.4 is 10.5 Å². The van der Waals surface area contributed by atoms with Crippen LogP contribution in [-0.4, -0.2) is 26.4 Å². The Kier molecular flexibility index (Phi) is 3.77. The monoisotopic (exact) mass is 223 g/mol. The maximum absolute atomic E-state index is 5.66. The molecule has 4 nitrogen and oxygen atoms in total. The van der Waals surface area contributed by atoms with Crippen molar-refractivity contribution in [1.82, 2.24) is 0 Å². The van der Waals surface area contributed by atoms with E-state index in [9.17, 15) is 0 Å². The largest absolute Gasteiger partial charge is 0.496 e. The first-order valence-electron chi connectivity index (χ1n) is 5.38. The van der Waals surface area contributed by atoms with Gasteiger partial charge in [-0.1, -0.05) is 6.07 Å². The molecule has 88 valence electrons. The van der Waals surface area contributed by atoms with Crippen LogP contribution in [0, 0.1) is 0 Å². The highest BCUT2D eigenvalue weighted by molar-refractivity contribution is 5.36. The van der Waals surface area contributed by atoms with Gasteiger partial charge in [-0.05, 0) is 17.7 Å². The first-order chi connectivity index (χ1) is 7.83. The Morgan fingerprint density at radius 2 is 2.25 bits per heavy atom. The van der Waals surface area contributed by atoms with Gasteiger partial charge in [-0.15, -0.1) is 0 Å². The molecule has 0 spiro atoms. The minimum absolute atomic E-state index is 0.228. The maximum Gasteiger partial charge on any atom is 0.124 e. The van der Waals surface area contributed by atoms with Crippen molar-refractivity contribution in [2.45, 2.75) is 19.3 Å². The first kappa shape index (κ1) is 11.4. The van der Waals surface area contributed by atoms with Crippen molar-refractivity contribution in [3.8, 4) is 5.75 Å². The van der Waals surface area contributed by atoms with E-state index in [-0.39, 0.29) is 6.10 Å². The lowest BCUT2D eigenvalue weighted by molar-refractivity contribution is -0.135. The Hall–Kier alpha value is -1.10. The molecule has 0 saturated carbocycles. The molecule has 1 saturated heterocycles. The Bertz CT molecular complexity index is 350. The fourth-order valence-corrected chi connectivity index (χ4v) is 1.59. The number of nitrogens with two attached hydrogens (primary N) is 1. The van der Waals surface area contributed by atoms with E-state index in [1.165, 1.54) is 0 Å². The van der Waals surface area contributed by atoms with E-state index < -0.39 is 0 Å². The number of hydrogen-bond acceptors (Lipinski definition) is 4. The van der Waals surface area contributed by atoms with Crippen LogP contribution in [0.4, 0.5) is 0 Å². The normalized spacial score (nSPS) is 15.9. The molecule has 2 N–H and O–H groups in total. The van der Waals surface area contributed by atoms with Gasteiger partial charge in [0.15, 0.2) is 0 Å². The first-order valence-corrected chi connectivity index (χ1v) is 5.38. The van der Waals surface area contributed by atoms with Gasteiger partial charge in [0.2, 0.25) is 0 Å². The smallest absolute Gasteiger partial charge is 0.124 e. The SMILES string of the molecule is COc1ccc(CN)cc1COC1COC1. The van der Waals surface area contributed by atoms with Crippen LogP contribution in [0.2, 0.25) is 0 Å². The van der Waals surface area contributed by atoms with Gasteiger partial charge in [-0.2, -0.15) is 0 Å². The molecule has 0 amide bonds. The van der Waals surface area contributed by atoms with Crippen molar-refractivity contribution in [2.24, 2.45) is 5.73 Å². The summed E-state index contributed by atoms with van der Waals surface area (Å²) in [7, 11) is 1.66. The van der Waals surface area contributed by atoms with E-state index in [1.807, 2.05) is 18.2 Å². The molecule has 2 rings (SSSR count). The van der Waals surface area contributed by atoms with Crippen molar-refractivity contribution in [3.05, 3.63) is 29.3 Å². The molecule has 0 atom stereocenters. The molecule has 1 heterocycles. The van der Waals surface area contributed by atoms with Crippen LogP contribution in [0.5, 0.6) is 5.75 Å². The summed E-state index contributed by atoms with van der Waals surface area (Å²) in [4.78, 5) is 0. The molecule has 0 unspecified atom stereocenters. The van der Waals surface area contributed by atoms with Crippen molar-refractivity contribution in [3.63, 3.8) is 0 Å². The molecular formula is C12H17NO3. The zero-order valence-corrected chi connectivity index (χ0v) is 9.44. The summed E-state index contributed by atoms with van der Waals surface area (Å²) < 4.78 is 16.0. The molecule has 0 aromatic heterocycles. The average Bonchev–Trinajstić information content (AvgIpc) is 2.26. The molecule has 4 heteroatoms. The number of rotatable bonds is 5. The number of methoxy groups -OCH3 is 1. The summed E-state index contributed by atoms with van der Waals surface area (Å²) in [5.74, 6) is 0.845. The lowest BCUT2D eigenvalue weighted by Gasteiger charge is -2.26. The number of benzene rings is 1. The van der Waals surface area contributed by atoms with E-state index in [4.69, 9.17) is 19.9 Å². The summed E-state index contributed by atoms with van der Waals surface area (Å²) in [5, 5.41) is 0. The Balaban J connectivity index is 2.03. The molecule has 1 aromatic carbocycles. The highest BCUT2D eigenvalue weighted by atomic mass is 16.6. The summed E-state index contributed by atoms with van der Waals surface area (Å²) in [6, 6.07) is 5.92. The molecule has 1 aromatic rings. The quantitative estimate of drug-likeness (QED) is 0.811. The molecule has 0 aliphatic carbocycles. The van der Waals surface area contributed by atoms with Crippen LogP contribution in [0.3, 0.4) is 0 Å². The second kappa shape index (κ2) is 5.30. The van der Waals surface area contributed by atoms with Gasteiger partial charge < -0.3 is 19.9 Å². The lowest BCUT2D eigenvalue weighted by Crippen LogP contribution is -2.35. The van der Waals surface area contributed by atoms with Gasteiger partial charge in [0.1, 0.15) is 11.9 Å². The van der Waals surface area contributed by atoms with Gasteiger partial charge in [0.25, 0.3) is 0 Å². The maximum atomic E-state index is 5.66. The highest BCUT2D eigenvalue weighted by Gasteiger charge is 2.19. The Morgan fingerprint density at radius 3 is 2.81 bits per heavy atom. The molecule has 1 fully saturated rings. The summed E-state index contributed by atoms with van der Waals surface area (Å²) in [6.45, 7) is 2.46. The van der Waals surface area contributed by atoms with E-state index in [0.717, 1.165) is 16.9 Å². The Morgan fingerprint density at radius 1 is 1.44 bits per heavy atom. The fourth-order valence-electron chi connectivity index (χ4n) is 1.59. The second-order valence-corrected chi connectivity index (χ2v) is 3.82. The predicted molar refractivity (Wildman–Crippen MR) is 60.3 cm³/mol. The van der Waals surface area contributed by atoms with Crippen molar-refractivity contribution in [1.29, 1.82) is 0 Å². The minimum atomic E-state index is 0.228. The van der Waals surface area contributed by atoms with Crippen LogP contribution in [0.25, 0.3) is 0 Å². The van der Waals surface area contributed by atoms with Gasteiger partial charge >= 0.3 is 0 Å². The molecule has 0 radical (unpaired) electrons. The fraction of sp³-hybridized carbons (Fsp3) is 0.500. The van der Waals surface area contributed by atoms with E-state index in [0.29, 0.717) is 26.4 Å².